The SMILES string of the molecule is CCC(C)C(=O)N1CCCCC1CNC(=O)CCN.Cl. The molecule has 0 aliphatic carbocycles. The zero-order valence-electron chi connectivity index (χ0n) is 12.6. The van der Waals surface area contributed by atoms with Crippen LogP contribution in [0.25, 0.3) is 0 Å². The van der Waals surface area contributed by atoms with Gasteiger partial charge < -0.3 is 16.0 Å². The fraction of sp³-hybridized carbons (Fsp3) is 0.857. The Morgan fingerprint density at radius 3 is 2.70 bits per heavy atom. The van der Waals surface area contributed by atoms with Crippen molar-refractivity contribution < 1.29 is 9.59 Å². The number of carbonyl (C=O) groups excluding carboxylic acids is 2. The lowest BCUT2D eigenvalue weighted by Crippen LogP contribution is -2.51. The molecule has 0 bridgehead atoms. The zero-order chi connectivity index (χ0) is 14.3. The number of nitrogens with zero attached hydrogens (tertiary/aromatic N) is 1. The maximum atomic E-state index is 12.3. The van der Waals surface area contributed by atoms with Crippen LogP contribution >= 0.6 is 12.4 Å². The lowest BCUT2D eigenvalue weighted by molar-refractivity contribution is -0.139. The fourth-order valence-corrected chi connectivity index (χ4v) is 2.41. The van der Waals surface area contributed by atoms with E-state index in [1.54, 1.807) is 0 Å². The largest absolute Gasteiger partial charge is 0.354 e. The van der Waals surface area contributed by atoms with Crippen molar-refractivity contribution in [2.24, 2.45) is 11.7 Å². The van der Waals surface area contributed by atoms with Crippen LogP contribution in [-0.2, 0) is 9.59 Å². The summed E-state index contributed by atoms with van der Waals surface area (Å²) in [6.07, 6.45) is 4.38. The molecule has 118 valence electrons. The van der Waals surface area contributed by atoms with Gasteiger partial charge in [0.1, 0.15) is 0 Å². The molecule has 0 aromatic rings. The summed E-state index contributed by atoms with van der Waals surface area (Å²) in [7, 11) is 0. The number of piperidine rings is 1. The van der Waals surface area contributed by atoms with E-state index in [0.29, 0.717) is 19.5 Å². The minimum Gasteiger partial charge on any atom is -0.354 e. The van der Waals surface area contributed by atoms with E-state index in [1.807, 2.05) is 18.7 Å². The van der Waals surface area contributed by atoms with Gasteiger partial charge in [-0.15, -0.1) is 12.4 Å². The standard InChI is InChI=1S/C14H27N3O2.ClH/c1-3-11(2)14(19)17-9-5-4-6-12(17)10-16-13(18)7-8-15;/h11-12H,3-10,15H2,1-2H3,(H,16,18);1H. The molecule has 20 heavy (non-hydrogen) atoms. The Labute approximate surface area is 128 Å². The van der Waals surface area contributed by atoms with Crippen molar-refractivity contribution in [2.75, 3.05) is 19.6 Å². The van der Waals surface area contributed by atoms with Crippen LogP contribution in [0.3, 0.4) is 0 Å². The first-order valence-corrected chi connectivity index (χ1v) is 7.37. The summed E-state index contributed by atoms with van der Waals surface area (Å²) in [6.45, 7) is 5.75. The molecule has 1 fully saturated rings. The number of halogens is 1. The van der Waals surface area contributed by atoms with E-state index in [-0.39, 0.29) is 36.2 Å². The molecular weight excluding hydrogens is 278 g/mol. The summed E-state index contributed by atoms with van der Waals surface area (Å²) in [4.78, 5) is 25.7. The normalized spacial score (nSPS) is 19.9. The Morgan fingerprint density at radius 1 is 1.40 bits per heavy atom. The van der Waals surface area contributed by atoms with Gasteiger partial charge in [-0.25, -0.2) is 0 Å². The van der Waals surface area contributed by atoms with Crippen molar-refractivity contribution in [3.8, 4) is 0 Å². The number of amides is 2. The molecule has 0 spiro atoms. The number of carbonyl (C=O) groups is 2. The highest BCUT2D eigenvalue weighted by Crippen LogP contribution is 2.20. The van der Waals surface area contributed by atoms with Gasteiger partial charge in [0.15, 0.2) is 0 Å². The molecule has 3 N–H and O–H groups in total. The van der Waals surface area contributed by atoms with Crippen molar-refractivity contribution in [3.63, 3.8) is 0 Å². The Morgan fingerprint density at radius 2 is 2.10 bits per heavy atom. The summed E-state index contributed by atoms with van der Waals surface area (Å²) in [5, 5.41) is 2.88. The van der Waals surface area contributed by atoms with Crippen LogP contribution in [-0.4, -0.2) is 42.4 Å². The molecule has 0 radical (unpaired) electrons. The smallest absolute Gasteiger partial charge is 0.225 e. The minimum absolute atomic E-state index is 0. The summed E-state index contributed by atoms with van der Waals surface area (Å²) in [5.74, 6) is 0.268. The van der Waals surface area contributed by atoms with E-state index >= 15 is 0 Å². The van der Waals surface area contributed by atoms with Crippen molar-refractivity contribution >= 4 is 24.2 Å². The Kier molecular flexibility index (Phi) is 9.59. The van der Waals surface area contributed by atoms with Crippen LogP contribution in [0.15, 0.2) is 0 Å². The molecule has 0 saturated carbocycles. The molecule has 2 amide bonds. The number of hydrogen-bond donors (Lipinski definition) is 2. The third-order valence-corrected chi connectivity index (χ3v) is 3.85. The van der Waals surface area contributed by atoms with Gasteiger partial charge >= 0.3 is 0 Å². The molecule has 0 aromatic heterocycles. The van der Waals surface area contributed by atoms with E-state index < -0.39 is 0 Å². The average molecular weight is 306 g/mol. The number of nitrogens with one attached hydrogen (secondary N) is 1. The Hall–Kier alpha value is -0.810. The van der Waals surface area contributed by atoms with Gasteiger partial charge in [0.05, 0.1) is 0 Å². The molecule has 6 heteroatoms. The molecule has 1 heterocycles. The summed E-state index contributed by atoms with van der Waals surface area (Å²) in [6, 6.07) is 0.150. The highest BCUT2D eigenvalue weighted by atomic mass is 35.5. The average Bonchev–Trinajstić information content (AvgIpc) is 2.44. The predicted molar refractivity (Wildman–Crippen MR) is 82.7 cm³/mol. The molecule has 1 aliphatic rings. The van der Waals surface area contributed by atoms with Gasteiger partial charge in [-0.3, -0.25) is 9.59 Å². The second kappa shape index (κ2) is 10.00. The molecule has 1 rings (SSSR count). The number of hydrogen-bond acceptors (Lipinski definition) is 3. The van der Waals surface area contributed by atoms with E-state index in [9.17, 15) is 9.59 Å². The van der Waals surface area contributed by atoms with Gasteiger partial charge in [-0.2, -0.15) is 0 Å². The molecule has 1 saturated heterocycles. The van der Waals surface area contributed by atoms with Crippen molar-refractivity contribution in [3.05, 3.63) is 0 Å². The minimum atomic E-state index is -0.0241. The Balaban J connectivity index is 0.00000361. The monoisotopic (exact) mass is 305 g/mol. The maximum absolute atomic E-state index is 12.3. The van der Waals surface area contributed by atoms with E-state index in [2.05, 4.69) is 5.32 Å². The topological polar surface area (TPSA) is 75.4 Å². The van der Waals surface area contributed by atoms with Crippen LogP contribution in [0.1, 0.15) is 46.0 Å². The third kappa shape index (κ3) is 5.67. The van der Waals surface area contributed by atoms with Gasteiger partial charge in [0.25, 0.3) is 0 Å². The highest BCUT2D eigenvalue weighted by molar-refractivity contribution is 5.85. The first-order chi connectivity index (χ1) is 9.10. The summed E-state index contributed by atoms with van der Waals surface area (Å²) in [5.41, 5.74) is 5.35. The van der Waals surface area contributed by atoms with Crippen LogP contribution in [0, 0.1) is 5.92 Å². The van der Waals surface area contributed by atoms with E-state index in [1.165, 1.54) is 0 Å². The predicted octanol–water partition coefficient (Wildman–Crippen LogP) is 1.30. The Bertz CT molecular complexity index is 313. The van der Waals surface area contributed by atoms with Gasteiger partial charge in [0, 0.05) is 38.0 Å². The van der Waals surface area contributed by atoms with Crippen molar-refractivity contribution in [2.45, 2.75) is 52.0 Å². The number of nitrogens with two attached hydrogens (primary N) is 1. The molecule has 5 nitrogen and oxygen atoms in total. The van der Waals surface area contributed by atoms with E-state index in [0.717, 1.165) is 32.2 Å². The summed E-state index contributed by atoms with van der Waals surface area (Å²) < 4.78 is 0. The van der Waals surface area contributed by atoms with Crippen molar-refractivity contribution in [1.29, 1.82) is 0 Å². The van der Waals surface area contributed by atoms with E-state index in [4.69, 9.17) is 5.73 Å². The molecule has 2 unspecified atom stereocenters. The first-order valence-electron chi connectivity index (χ1n) is 7.37. The van der Waals surface area contributed by atoms with Crippen molar-refractivity contribution in [1.82, 2.24) is 10.2 Å². The number of likely N-dealkylation sites (tertiary alicyclic amines) is 1. The molecule has 0 aromatic carbocycles. The molecular formula is C14H28ClN3O2. The lowest BCUT2D eigenvalue weighted by Gasteiger charge is -2.37. The van der Waals surface area contributed by atoms with Crippen LogP contribution in [0.4, 0.5) is 0 Å². The first kappa shape index (κ1) is 19.2. The van der Waals surface area contributed by atoms with Gasteiger partial charge in [-0.1, -0.05) is 13.8 Å². The lowest BCUT2D eigenvalue weighted by atomic mass is 9.98. The van der Waals surface area contributed by atoms with Gasteiger partial charge in [0.2, 0.25) is 11.8 Å². The van der Waals surface area contributed by atoms with Crippen LogP contribution < -0.4 is 11.1 Å². The fourth-order valence-electron chi connectivity index (χ4n) is 2.41. The summed E-state index contributed by atoms with van der Waals surface area (Å²) >= 11 is 0. The highest BCUT2D eigenvalue weighted by Gasteiger charge is 2.28. The maximum Gasteiger partial charge on any atom is 0.225 e. The number of rotatable bonds is 6. The second-order valence-electron chi connectivity index (χ2n) is 5.33. The van der Waals surface area contributed by atoms with Gasteiger partial charge in [-0.05, 0) is 25.7 Å². The third-order valence-electron chi connectivity index (χ3n) is 3.85. The molecule has 1 aliphatic heterocycles. The second-order valence-corrected chi connectivity index (χ2v) is 5.33. The molecule has 2 atom stereocenters. The quantitative estimate of drug-likeness (QED) is 0.776. The zero-order valence-corrected chi connectivity index (χ0v) is 13.4. The van der Waals surface area contributed by atoms with Crippen LogP contribution in [0.2, 0.25) is 0 Å². The van der Waals surface area contributed by atoms with Crippen LogP contribution in [0.5, 0.6) is 0 Å².